The van der Waals surface area contributed by atoms with E-state index in [0.29, 0.717) is 11.1 Å². The Hall–Kier alpha value is -6.88. The molecule has 9 rings (SSSR count). The van der Waals surface area contributed by atoms with Crippen LogP contribution in [-0.2, 0) is 0 Å². The van der Waals surface area contributed by atoms with E-state index in [1.807, 2.05) is 48.5 Å². The average molecular weight is 611 g/mol. The fourth-order valence-electron chi connectivity index (χ4n) is 7.31. The standard InChI is InChI=1S/C44H26N4/c45-27-29-21-22-43-39(25-29)38-15-6-7-18-40(38)47(43)33-24-30(28-46)23-32(26-33)35-17-10-16-34(31-11-2-1-3-12-31)44(35)48-41-19-8-4-13-36(41)37-14-5-9-20-42(37)48/h1-26H. The molecular weight excluding hydrogens is 585 g/mol. The fraction of sp³-hybridized carbons (Fsp3) is 0. The second-order valence-electron chi connectivity index (χ2n) is 12.0. The zero-order valence-electron chi connectivity index (χ0n) is 25.8. The largest absolute Gasteiger partial charge is 0.309 e. The summed E-state index contributed by atoms with van der Waals surface area (Å²) in [5, 5.41) is 24.5. The Morgan fingerprint density at radius 1 is 0.375 bits per heavy atom. The molecule has 0 aliphatic heterocycles. The Balaban J connectivity index is 1.39. The topological polar surface area (TPSA) is 57.4 Å². The van der Waals surface area contributed by atoms with Gasteiger partial charge in [-0.2, -0.15) is 10.5 Å². The van der Waals surface area contributed by atoms with E-state index < -0.39 is 0 Å². The van der Waals surface area contributed by atoms with Crippen molar-refractivity contribution in [1.29, 1.82) is 10.5 Å². The molecule has 9 aromatic rings. The van der Waals surface area contributed by atoms with Crippen molar-refractivity contribution < 1.29 is 0 Å². The smallest absolute Gasteiger partial charge is 0.0992 e. The molecule has 0 saturated carbocycles. The van der Waals surface area contributed by atoms with E-state index in [1.54, 1.807) is 0 Å². The van der Waals surface area contributed by atoms with E-state index in [2.05, 4.69) is 130 Å². The third-order valence-corrected chi connectivity index (χ3v) is 9.34. The minimum atomic E-state index is 0.570. The number of nitriles is 2. The van der Waals surface area contributed by atoms with Gasteiger partial charge >= 0.3 is 0 Å². The molecule has 0 aliphatic rings. The molecule has 4 nitrogen and oxygen atoms in total. The van der Waals surface area contributed by atoms with Crippen molar-refractivity contribution in [2.45, 2.75) is 0 Å². The highest BCUT2D eigenvalue weighted by atomic mass is 15.0. The first-order chi connectivity index (χ1) is 23.7. The molecule has 7 aromatic carbocycles. The number of fused-ring (bicyclic) bond motifs is 6. The van der Waals surface area contributed by atoms with Gasteiger partial charge in [0.2, 0.25) is 0 Å². The lowest BCUT2D eigenvalue weighted by atomic mass is 9.94. The van der Waals surface area contributed by atoms with Crippen LogP contribution < -0.4 is 0 Å². The van der Waals surface area contributed by atoms with E-state index in [4.69, 9.17) is 0 Å². The molecule has 0 aliphatic carbocycles. The van der Waals surface area contributed by atoms with Gasteiger partial charge in [-0.15, -0.1) is 0 Å². The van der Waals surface area contributed by atoms with Gasteiger partial charge in [0.1, 0.15) is 0 Å². The lowest BCUT2D eigenvalue weighted by Crippen LogP contribution is -2.02. The van der Waals surface area contributed by atoms with Crippen LogP contribution in [0.25, 0.3) is 77.2 Å². The number of rotatable bonds is 4. The Labute approximate surface area is 277 Å². The van der Waals surface area contributed by atoms with Crippen molar-refractivity contribution in [2.75, 3.05) is 0 Å². The minimum Gasteiger partial charge on any atom is -0.309 e. The summed E-state index contributed by atoms with van der Waals surface area (Å²) in [4.78, 5) is 0. The second-order valence-corrected chi connectivity index (χ2v) is 12.0. The molecule has 2 heterocycles. The van der Waals surface area contributed by atoms with Crippen molar-refractivity contribution in [1.82, 2.24) is 9.13 Å². The Morgan fingerprint density at radius 2 is 0.917 bits per heavy atom. The van der Waals surface area contributed by atoms with Crippen molar-refractivity contribution in [3.8, 4) is 45.8 Å². The predicted molar refractivity (Wildman–Crippen MR) is 195 cm³/mol. The maximum Gasteiger partial charge on any atom is 0.0992 e. The lowest BCUT2D eigenvalue weighted by Gasteiger charge is -2.20. The quantitative estimate of drug-likeness (QED) is 0.199. The SMILES string of the molecule is N#Cc1cc(-c2cccc(-c3ccccc3)c2-n2c3ccccc3c3ccccc32)cc(-n2c3ccccc3c3cc(C#N)ccc32)c1. The molecule has 0 spiro atoms. The molecule has 0 N–H and O–H groups in total. The van der Waals surface area contributed by atoms with Crippen LogP contribution in [0.1, 0.15) is 11.1 Å². The number of aromatic nitrogens is 2. The molecule has 0 fully saturated rings. The van der Waals surface area contributed by atoms with E-state index in [0.717, 1.165) is 66.5 Å². The number of nitrogens with zero attached hydrogens (tertiary/aromatic N) is 4. The number of benzene rings is 7. The molecule has 48 heavy (non-hydrogen) atoms. The van der Waals surface area contributed by atoms with Gasteiger partial charge in [0, 0.05) is 38.4 Å². The van der Waals surface area contributed by atoms with Crippen molar-refractivity contribution in [3.63, 3.8) is 0 Å². The van der Waals surface area contributed by atoms with Gasteiger partial charge in [0.25, 0.3) is 0 Å². The molecule has 2 aromatic heterocycles. The zero-order chi connectivity index (χ0) is 32.2. The molecule has 0 amide bonds. The van der Waals surface area contributed by atoms with Gasteiger partial charge in [-0.25, -0.2) is 0 Å². The average Bonchev–Trinajstić information content (AvgIpc) is 3.67. The highest BCUT2D eigenvalue weighted by molar-refractivity contribution is 6.11. The Morgan fingerprint density at radius 3 is 1.56 bits per heavy atom. The van der Waals surface area contributed by atoms with Crippen molar-refractivity contribution in [2.24, 2.45) is 0 Å². The molecule has 4 heteroatoms. The molecule has 0 bridgehead atoms. The second kappa shape index (κ2) is 10.9. The fourth-order valence-corrected chi connectivity index (χ4v) is 7.31. The van der Waals surface area contributed by atoms with Gasteiger partial charge in [-0.1, -0.05) is 103 Å². The summed E-state index contributed by atoms with van der Waals surface area (Å²) < 4.78 is 4.59. The third-order valence-electron chi connectivity index (χ3n) is 9.34. The summed E-state index contributed by atoms with van der Waals surface area (Å²) in [6, 6.07) is 59.0. The first-order valence-electron chi connectivity index (χ1n) is 15.9. The first kappa shape index (κ1) is 27.4. The summed E-state index contributed by atoms with van der Waals surface area (Å²) in [5.41, 5.74) is 11.6. The van der Waals surface area contributed by atoms with Crippen molar-refractivity contribution >= 4 is 43.6 Å². The minimum absolute atomic E-state index is 0.570. The first-order valence-corrected chi connectivity index (χ1v) is 15.9. The molecular formula is C44H26N4. The van der Waals surface area contributed by atoms with Gasteiger partial charge in [0.05, 0.1) is 51.0 Å². The number of para-hydroxylation sites is 4. The predicted octanol–water partition coefficient (Wildman–Crippen LogP) is 11.0. The van der Waals surface area contributed by atoms with Crippen LogP contribution in [0.3, 0.4) is 0 Å². The van der Waals surface area contributed by atoms with E-state index in [-0.39, 0.29) is 0 Å². The third kappa shape index (κ3) is 4.14. The van der Waals surface area contributed by atoms with Crippen LogP contribution in [0.2, 0.25) is 0 Å². The molecule has 0 saturated heterocycles. The summed E-state index contributed by atoms with van der Waals surface area (Å²) in [7, 11) is 0. The lowest BCUT2D eigenvalue weighted by molar-refractivity contribution is 1.17. The van der Waals surface area contributed by atoms with Crippen molar-refractivity contribution in [3.05, 3.63) is 169 Å². The van der Waals surface area contributed by atoms with Gasteiger partial charge in [-0.3, -0.25) is 0 Å². The summed E-state index contributed by atoms with van der Waals surface area (Å²) >= 11 is 0. The molecule has 0 radical (unpaired) electrons. The zero-order valence-corrected chi connectivity index (χ0v) is 25.8. The maximum atomic E-state index is 10.4. The highest BCUT2D eigenvalue weighted by Crippen LogP contribution is 2.42. The molecule has 0 atom stereocenters. The van der Waals surface area contributed by atoms with Crippen LogP contribution in [0, 0.1) is 22.7 Å². The number of hydrogen-bond donors (Lipinski definition) is 0. The van der Waals surface area contributed by atoms with Crippen LogP contribution >= 0.6 is 0 Å². The van der Waals surface area contributed by atoms with Gasteiger partial charge in [0.15, 0.2) is 0 Å². The summed E-state index contributed by atoms with van der Waals surface area (Å²) in [6.07, 6.45) is 0. The van der Waals surface area contributed by atoms with Crippen LogP contribution in [0.5, 0.6) is 0 Å². The summed E-state index contributed by atoms with van der Waals surface area (Å²) in [6.45, 7) is 0. The Bertz CT molecular complexity index is 2750. The molecule has 0 unspecified atom stereocenters. The van der Waals surface area contributed by atoms with E-state index >= 15 is 0 Å². The van der Waals surface area contributed by atoms with Gasteiger partial charge < -0.3 is 9.13 Å². The highest BCUT2D eigenvalue weighted by Gasteiger charge is 2.21. The van der Waals surface area contributed by atoms with Gasteiger partial charge in [-0.05, 0) is 65.7 Å². The van der Waals surface area contributed by atoms with E-state index in [1.165, 1.54) is 10.8 Å². The number of hydrogen-bond acceptors (Lipinski definition) is 2. The van der Waals surface area contributed by atoms with Crippen LogP contribution in [-0.4, -0.2) is 9.13 Å². The Kier molecular flexibility index (Phi) is 6.22. The monoisotopic (exact) mass is 610 g/mol. The van der Waals surface area contributed by atoms with Crippen LogP contribution in [0.4, 0.5) is 0 Å². The van der Waals surface area contributed by atoms with Crippen LogP contribution in [0.15, 0.2) is 158 Å². The normalized spacial score (nSPS) is 11.3. The molecule has 222 valence electrons. The summed E-state index contributed by atoms with van der Waals surface area (Å²) in [5.74, 6) is 0. The maximum absolute atomic E-state index is 10.4. The van der Waals surface area contributed by atoms with E-state index in [9.17, 15) is 10.5 Å².